The fourth-order valence-corrected chi connectivity index (χ4v) is 2.05. The molecule has 116 valence electrons. The van der Waals surface area contributed by atoms with Crippen molar-refractivity contribution in [1.29, 1.82) is 0 Å². The third-order valence-corrected chi connectivity index (χ3v) is 2.96. The van der Waals surface area contributed by atoms with Crippen LogP contribution in [0.4, 0.5) is 10.5 Å². The van der Waals surface area contributed by atoms with Gasteiger partial charge in [0.1, 0.15) is 0 Å². The van der Waals surface area contributed by atoms with Gasteiger partial charge in [0.25, 0.3) is 0 Å². The highest BCUT2D eigenvalue weighted by molar-refractivity contribution is 5.90. The molecular formula is C15H22N2O4. The number of carbonyl (C=O) groups excluding carboxylic acids is 1. The van der Waals surface area contributed by atoms with Crippen LogP contribution in [0, 0.1) is 0 Å². The molecule has 1 aromatic rings. The second-order valence-corrected chi connectivity index (χ2v) is 4.77. The van der Waals surface area contributed by atoms with E-state index in [1.807, 2.05) is 25.1 Å². The maximum Gasteiger partial charge on any atom is 0.319 e. The van der Waals surface area contributed by atoms with Crippen LogP contribution in [0.15, 0.2) is 24.3 Å². The van der Waals surface area contributed by atoms with E-state index in [0.717, 1.165) is 12.0 Å². The Kier molecular flexibility index (Phi) is 7.25. The van der Waals surface area contributed by atoms with Crippen molar-refractivity contribution in [1.82, 2.24) is 5.32 Å². The molecule has 0 radical (unpaired) electrons. The number of nitrogens with one attached hydrogen (secondary N) is 2. The predicted molar refractivity (Wildman–Crippen MR) is 80.3 cm³/mol. The Hall–Kier alpha value is -2.08. The van der Waals surface area contributed by atoms with Gasteiger partial charge in [0.05, 0.1) is 13.0 Å². The molecule has 0 heterocycles. The molecule has 0 aliphatic heterocycles. The summed E-state index contributed by atoms with van der Waals surface area (Å²) in [5.74, 6) is -0.923. The van der Waals surface area contributed by atoms with Crippen LogP contribution in [0.3, 0.4) is 0 Å². The highest BCUT2D eigenvalue weighted by Crippen LogP contribution is 2.15. The van der Waals surface area contributed by atoms with E-state index in [0.29, 0.717) is 18.7 Å². The number of ether oxygens (including phenoxy) is 1. The van der Waals surface area contributed by atoms with Gasteiger partial charge in [0.15, 0.2) is 0 Å². The van der Waals surface area contributed by atoms with Crippen molar-refractivity contribution in [2.45, 2.75) is 38.8 Å². The zero-order valence-electron chi connectivity index (χ0n) is 12.4. The van der Waals surface area contributed by atoms with E-state index in [-0.39, 0.29) is 12.5 Å². The molecule has 6 nitrogen and oxygen atoms in total. The molecule has 1 unspecified atom stereocenters. The summed E-state index contributed by atoms with van der Waals surface area (Å²) in [5, 5.41) is 14.3. The molecule has 0 aliphatic carbocycles. The summed E-state index contributed by atoms with van der Waals surface area (Å²) in [6.45, 7) is 2.34. The minimum absolute atomic E-state index is 0.0824. The third kappa shape index (κ3) is 6.27. The van der Waals surface area contributed by atoms with Crippen LogP contribution in [0.2, 0.25) is 0 Å². The van der Waals surface area contributed by atoms with Crippen LogP contribution in [-0.2, 0) is 16.1 Å². The first-order valence-corrected chi connectivity index (χ1v) is 6.93. The maximum absolute atomic E-state index is 12.0. The van der Waals surface area contributed by atoms with E-state index < -0.39 is 12.0 Å². The summed E-state index contributed by atoms with van der Waals surface area (Å²) < 4.78 is 5.07. The lowest BCUT2D eigenvalue weighted by molar-refractivity contribution is -0.137. The molecule has 0 bridgehead atoms. The summed E-state index contributed by atoms with van der Waals surface area (Å²) in [6.07, 6.45) is 1.35. The highest BCUT2D eigenvalue weighted by atomic mass is 16.5. The number of carbonyl (C=O) groups is 2. The van der Waals surface area contributed by atoms with Crippen molar-refractivity contribution in [3.8, 4) is 0 Å². The first-order valence-electron chi connectivity index (χ1n) is 6.93. The van der Waals surface area contributed by atoms with Gasteiger partial charge >= 0.3 is 12.0 Å². The SMILES string of the molecule is CCCC(CC(=O)O)NC(=O)Nc1ccccc1COC. The number of carboxylic acid groups (broad SMARTS) is 1. The Morgan fingerprint density at radius 1 is 1.33 bits per heavy atom. The van der Waals surface area contributed by atoms with Crippen molar-refractivity contribution in [2.75, 3.05) is 12.4 Å². The van der Waals surface area contributed by atoms with Gasteiger partial charge in [-0.1, -0.05) is 31.5 Å². The fraction of sp³-hybridized carbons (Fsp3) is 0.467. The smallest absolute Gasteiger partial charge is 0.319 e. The lowest BCUT2D eigenvalue weighted by Crippen LogP contribution is -2.39. The maximum atomic E-state index is 12.0. The second-order valence-electron chi connectivity index (χ2n) is 4.77. The summed E-state index contributed by atoms with van der Waals surface area (Å²) >= 11 is 0. The number of anilines is 1. The minimum atomic E-state index is -0.923. The zero-order chi connectivity index (χ0) is 15.7. The molecule has 3 N–H and O–H groups in total. The van der Waals surface area contributed by atoms with E-state index in [2.05, 4.69) is 10.6 Å². The third-order valence-electron chi connectivity index (χ3n) is 2.96. The van der Waals surface area contributed by atoms with Crippen LogP contribution in [0.25, 0.3) is 0 Å². The van der Waals surface area contributed by atoms with Gasteiger partial charge in [0.2, 0.25) is 0 Å². The van der Waals surface area contributed by atoms with Crippen LogP contribution >= 0.6 is 0 Å². The van der Waals surface area contributed by atoms with Gasteiger partial charge in [-0.15, -0.1) is 0 Å². The van der Waals surface area contributed by atoms with Crippen LogP contribution in [0.1, 0.15) is 31.7 Å². The number of amides is 2. The normalized spacial score (nSPS) is 11.7. The molecule has 1 aromatic carbocycles. The van der Waals surface area contributed by atoms with Crippen LogP contribution in [-0.4, -0.2) is 30.3 Å². The average molecular weight is 294 g/mol. The van der Waals surface area contributed by atoms with Gasteiger partial charge in [-0.3, -0.25) is 4.79 Å². The van der Waals surface area contributed by atoms with Crippen molar-refractivity contribution in [3.05, 3.63) is 29.8 Å². The number of para-hydroxylation sites is 1. The van der Waals surface area contributed by atoms with E-state index in [1.54, 1.807) is 13.2 Å². The van der Waals surface area contributed by atoms with E-state index in [9.17, 15) is 9.59 Å². The molecule has 0 fully saturated rings. The standard InChI is InChI=1S/C15H22N2O4/c1-3-6-12(9-14(18)19)16-15(20)17-13-8-5-4-7-11(13)10-21-2/h4-5,7-8,12H,3,6,9-10H2,1-2H3,(H,18,19)(H2,16,17,20). The molecule has 0 saturated heterocycles. The number of rotatable bonds is 8. The Balaban J connectivity index is 2.65. The van der Waals surface area contributed by atoms with Gasteiger partial charge in [-0.2, -0.15) is 0 Å². The Morgan fingerprint density at radius 3 is 2.67 bits per heavy atom. The number of benzene rings is 1. The number of methoxy groups -OCH3 is 1. The highest BCUT2D eigenvalue weighted by Gasteiger charge is 2.15. The lowest BCUT2D eigenvalue weighted by atomic mass is 10.1. The first-order chi connectivity index (χ1) is 10.1. The molecule has 1 atom stereocenters. The monoisotopic (exact) mass is 294 g/mol. The minimum Gasteiger partial charge on any atom is -0.481 e. The van der Waals surface area contributed by atoms with Crippen molar-refractivity contribution in [2.24, 2.45) is 0 Å². The van der Waals surface area contributed by atoms with Gasteiger partial charge in [-0.05, 0) is 12.5 Å². The molecular weight excluding hydrogens is 272 g/mol. The molecule has 0 saturated carbocycles. The van der Waals surface area contributed by atoms with Crippen molar-refractivity contribution in [3.63, 3.8) is 0 Å². The number of carboxylic acids is 1. The van der Waals surface area contributed by atoms with Gasteiger partial charge in [-0.25, -0.2) is 4.79 Å². The average Bonchev–Trinajstić information content (AvgIpc) is 2.40. The predicted octanol–water partition coefficient (Wildman–Crippen LogP) is 2.60. The zero-order valence-corrected chi connectivity index (χ0v) is 12.4. The molecule has 0 aliphatic rings. The summed E-state index contributed by atoms with van der Waals surface area (Å²) in [5.41, 5.74) is 1.52. The topological polar surface area (TPSA) is 87.7 Å². The van der Waals surface area contributed by atoms with Gasteiger partial charge < -0.3 is 20.5 Å². The summed E-state index contributed by atoms with van der Waals surface area (Å²) in [7, 11) is 1.58. The summed E-state index contributed by atoms with van der Waals surface area (Å²) in [6, 6.07) is 6.54. The largest absolute Gasteiger partial charge is 0.481 e. The Labute approximate surface area is 124 Å². The second kappa shape index (κ2) is 8.97. The molecule has 21 heavy (non-hydrogen) atoms. The fourth-order valence-electron chi connectivity index (χ4n) is 2.05. The van der Waals surface area contributed by atoms with E-state index >= 15 is 0 Å². The van der Waals surface area contributed by atoms with Crippen LogP contribution in [0.5, 0.6) is 0 Å². The number of hydrogen-bond donors (Lipinski definition) is 3. The summed E-state index contributed by atoms with van der Waals surface area (Å²) in [4.78, 5) is 22.8. The van der Waals surface area contributed by atoms with Crippen LogP contribution < -0.4 is 10.6 Å². The molecule has 2 amide bonds. The van der Waals surface area contributed by atoms with E-state index in [4.69, 9.17) is 9.84 Å². The molecule has 6 heteroatoms. The Bertz CT molecular complexity index is 476. The van der Waals surface area contributed by atoms with E-state index in [1.165, 1.54) is 0 Å². The Morgan fingerprint density at radius 2 is 2.05 bits per heavy atom. The molecule has 0 aromatic heterocycles. The number of aliphatic carboxylic acids is 1. The first kappa shape index (κ1) is 17.0. The van der Waals surface area contributed by atoms with Crippen molar-refractivity contribution >= 4 is 17.7 Å². The van der Waals surface area contributed by atoms with Gasteiger partial charge in [0, 0.05) is 24.4 Å². The number of urea groups is 1. The van der Waals surface area contributed by atoms with Crippen molar-refractivity contribution < 1.29 is 19.4 Å². The molecule has 1 rings (SSSR count). The molecule has 0 spiro atoms. The quantitative estimate of drug-likeness (QED) is 0.687. The lowest BCUT2D eigenvalue weighted by Gasteiger charge is -2.17. The number of hydrogen-bond acceptors (Lipinski definition) is 3.